The van der Waals surface area contributed by atoms with E-state index >= 15 is 0 Å². The molecule has 3 aromatic rings. The number of benzene rings is 1. The van der Waals surface area contributed by atoms with Crippen LogP contribution in [0.15, 0.2) is 30.3 Å². The second-order valence-electron chi connectivity index (χ2n) is 4.51. The molecule has 0 aliphatic heterocycles. The largest absolute Gasteiger partial charge is 0.477 e. The van der Waals surface area contributed by atoms with Crippen molar-refractivity contribution in [3.8, 4) is 11.3 Å². The Morgan fingerprint density at radius 1 is 1.37 bits per heavy atom. The Balaban J connectivity index is 2.27. The molecule has 0 aliphatic rings. The summed E-state index contributed by atoms with van der Waals surface area (Å²) in [5.41, 5.74) is 3.82. The number of aryl methyl sites for hydroxylation is 2. The van der Waals surface area contributed by atoms with Crippen molar-refractivity contribution in [2.45, 2.75) is 6.92 Å². The number of hydrogen-bond donors (Lipinski definition) is 2. The highest BCUT2D eigenvalue weighted by Gasteiger charge is 2.17. The van der Waals surface area contributed by atoms with Crippen LogP contribution in [-0.4, -0.2) is 25.8 Å². The monoisotopic (exact) mass is 255 g/mol. The second kappa shape index (κ2) is 3.98. The van der Waals surface area contributed by atoms with Gasteiger partial charge in [-0.3, -0.25) is 4.68 Å². The number of aromatic carboxylic acids is 1. The zero-order valence-corrected chi connectivity index (χ0v) is 10.6. The van der Waals surface area contributed by atoms with Gasteiger partial charge in [0.15, 0.2) is 0 Å². The van der Waals surface area contributed by atoms with Crippen LogP contribution in [0.25, 0.3) is 22.2 Å². The molecule has 2 heterocycles. The molecule has 0 unspecified atom stereocenters. The number of rotatable bonds is 2. The zero-order valence-electron chi connectivity index (χ0n) is 10.6. The molecular formula is C14H13N3O2. The molecule has 0 aliphatic carbocycles. The topological polar surface area (TPSA) is 70.9 Å². The summed E-state index contributed by atoms with van der Waals surface area (Å²) in [4.78, 5) is 14.4. The van der Waals surface area contributed by atoms with Crippen LogP contribution >= 0.6 is 0 Å². The van der Waals surface area contributed by atoms with E-state index in [9.17, 15) is 4.79 Å². The van der Waals surface area contributed by atoms with Gasteiger partial charge < -0.3 is 10.1 Å². The Hall–Kier alpha value is -2.56. The van der Waals surface area contributed by atoms with Crippen molar-refractivity contribution in [2.24, 2.45) is 7.05 Å². The van der Waals surface area contributed by atoms with Gasteiger partial charge in [-0.1, -0.05) is 18.2 Å². The molecule has 0 radical (unpaired) electrons. The molecule has 0 fully saturated rings. The van der Waals surface area contributed by atoms with Crippen LogP contribution in [0.4, 0.5) is 0 Å². The summed E-state index contributed by atoms with van der Waals surface area (Å²) in [5.74, 6) is -0.973. The lowest BCUT2D eigenvalue weighted by Gasteiger charge is -1.96. The van der Waals surface area contributed by atoms with Gasteiger partial charge in [-0.05, 0) is 19.1 Å². The smallest absolute Gasteiger partial charge is 0.354 e. The Bertz CT molecular complexity index is 783. The molecule has 0 saturated carbocycles. The van der Waals surface area contributed by atoms with E-state index in [0.29, 0.717) is 5.69 Å². The van der Waals surface area contributed by atoms with Gasteiger partial charge in [-0.2, -0.15) is 5.10 Å². The van der Waals surface area contributed by atoms with Crippen LogP contribution < -0.4 is 0 Å². The summed E-state index contributed by atoms with van der Waals surface area (Å²) in [7, 11) is 1.64. The minimum Gasteiger partial charge on any atom is -0.477 e. The number of carbonyl (C=O) groups is 1. The fourth-order valence-electron chi connectivity index (χ4n) is 2.40. The molecule has 3 rings (SSSR count). The number of para-hydroxylation sites is 1. The van der Waals surface area contributed by atoms with Gasteiger partial charge in [0, 0.05) is 29.2 Å². The van der Waals surface area contributed by atoms with Crippen LogP contribution in [0, 0.1) is 6.92 Å². The first-order chi connectivity index (χ1) is 9.08. The first-order valence-electron chi connectivity index (χ1n) is 5.93. The number of fused-ring (bicyclic) bond motifs is 1. The average molecular weight is 255 g/mol. The average Bonchev–Trinajstić information content (AvgIpc) is 2.88. The van der Waals surface area contributed by atoms with Gasteiger partial charge in [0.1, 0.15) is 5.69 Å². The SMILES string of the molecule is Cc1[nH]c2ccccc2c1-c1cc(C(=O)O)n(C)n1. The van der Waals surface area contributed by atoms with Gasteiger partial charge in [0.05, 0.1) is 5.69 Å². The molecule has 0 spiro atoms. The first-order valence-corrected chi connectivity index (χ1v) is 5.93. The minimum atomic E-state index is -0.973. The Morgan fingerprint density at radius 2 is 2.11 bits per heavy atom. The number of H-pyrrole nitrogens is 1. The number of aromatic amines is 1. The summed E-state index contributed by atoms with van der Waals surface area (Å²) in [6, 6.07) is 9.52. The summed E-state index contributed by atoms with van der Waals surface area (Å²) in [5, 5.41) is 14.4. The number of carboxylic acid groups (broad SMARTS) is 1. The lowest BCUT2D eigenvalue weighted by molar-refractivity contribution is 0.0685. The van der Waals surface area contributed by atoms with Crippen molar-refractivity contribution >= 4 is 16.9 Å². The summed E-state index contributed by atoms with van der Waals surface area (Å²) in [6.45, 7) is 1.96. The Labute approximate surface area is 109 Å². The molecule has 96 valence electrons. The maximum Gasteiger partial charge on any atom is 0.354 e. The van der Waals surface area contributed by atoms with Crippen molar-refractivity contribution < 1.29 is 9.90 Å². The van der Waals surface area contributed by atoms with Crippen LogP contribution in [-0.2, 0) is 7.05 Å². The molecule has 2 aromatic heterocycles. The van der Waals surface area contributed by atoms with E-state index in [1.165, 1.54) is 4.68 Å². The van der Waals surface area contributed by atoms with E-state index in [1.807, 2.05) is 31.2 Å². The van der Waals surface area contributed by atoms with Crippen molar-refractivity contribution in [1.82, 2.24) is 14.8 Å². The van der Waals surface area contributed by atoms with E-state index in [-0.39, 0.29) is 5.69 Å². The third kappa shape index (κ3) is 1.71. The summed E-state index contributed by atoms with van der Waals surface area (Å²) < 4.78 is 1.39. The molecule has 2 N–H and O–H groups in total. The van der Waals surface area contributed by atoms with Crippen molar-refractivity contribution in [1.29, 1.82) is 0 Å². The Morgan fingerprint density at radius 3 is 2.79 bits per heavy atom. The molecule has 0 bridgehead atoms. The van der Waals surface area contributed by atoms with E-state index < -0.39 is 5.97 Å². The molecule has 19 heavy (non-hydrogen) atoms. The number of nitrogens with one attached hydrogen (secondary N) is 1. The quantitative estimate of drug-likeness (QED) is 0.739. The van der Waals surface area contributed by atoms with E-state index in [0.717, 1.165) is 22.2 Å². The number of aromatic nitrogens is 3. The van der Waals surface area contributed by atoms with Gasteiger partial charge in [-0.25, -0.2) is 4.79 Å². The Kier molecular flexibility index (Phi) is 2.41. The highest BCUT2D eigenvalue weighted by atomic mass is 16.4. The summed E-state index contributed by atoms with van der Waals surface area (Å²) >= 11 is 0. The predicted octanol–water partition coefficient (Wildman–Crippen LogP) is 2.58. The summed E-state index contributed by atoms with van der Waals surface area (Å²) in [6.07, 6.45) is 0. The standard InChI is InChI=1S/C14H13N3O2/c1-8-13(9-5-3-4-6-10(9)15-8)11-7-12(14(18)19)17(2)16-11/h3-7,15H,1-2H3,(H,18,19). The third-order valence-corrected chi connectivity index (χ3v) is 3.25. The lowest BCUT2D eigenvalue weighted by Crippen LogP contribution is -2.04. The minimum absolute atomic E-state index is 0.180. The fraction of sp³-hybridized carbons (Fsp3) is 0.143. The maximum atomic E-state index is 11.1. The van der Waals surface area contributed by atoms with Gasteiger partial charge >= 0.3 is 5.97 Å². The van der Waals surface area contributed by atoms with E-state index in [4.69, 9.17) is 5.11 Å². The lowest BCUT2D eigenvalue weighted by atomic mass is 10.1. The molecule has 1 aromatic carbocycles. The molecule has 5 nitrogen and oxygen atoms in total. The van der Waals surface area contributed by atoms with Crippen LogP contribution in [0.3, 0.4) is 0 Å². The predicted molar refractivity (Wildman–Crippen MR) is 72.2 cm³/mol. The van der Waals surface area contributed by atoms with E-state index in [2.05, 4.69) is 10.1 Å². The maximum absolute atomic E-state index is 11.1. The van der Waals surface area contributed by atoms with Crippen molar-refractivity contribution in [2.75, 3.05) is 0 Å². The molecule has 5 heteroatoms. The molecule has 0 amide bonds. The van der Waals surface area contributed by atoms with Crippen molar-refractivity contribution in [3.05, 3.63) is 41.7 Å². The van der Waals surface area contributed by atoms with Crippen LogP contribution in [0.1, 0.15) is 16.2 Å². The zero-order chi connectivity index (χ0) is 13.6. The molecule has 0 saturated heterocycles. The highest BCUT2D eigenvalue weighted by molar-refractivity contribution is 5.97. The number of nitrogens with zero attached hydrogens (tertiary/aromatic N) is 2. The van der Waals surface area contributed by atoms with Crippen molar-refractivity contribution in [3.63, 3.8) is 0 Å². The molecule has 0 atom stereocenters. The van der Waals surface area contributed by atoms with Gasteiger partial charge in [0.25, 0.3) is 0 Å². The van der Waals surface area contributed by atoms with Crippen LogP contribution in [0.5, 0.6) is 0 Å². The molecular weight excluding hydrogens is 242 g/mol. The van der Waals surface area contributed by atoms with Gasteiger partial charge in [0.2, 0.25) is 0 Å². The number of hydrogen-bond acceptors (Lipinski definition) is 2. The fourth-order valence-corrected chi connectivity index (χ4v) is 2.40. The third-order valence-electron chi connectivity index (χ3n) is 3.25. The first kappa shape index (κ1) is 11.5. The number of carboxylic acids is 1. The van der Waals surface area contributed by atoms with Gasteiger partial charge in [-0.15, -0.1) is 0 Å². The van der Waals surface area contributed by atoms with Crippen LogP contribution in [0.2, 0.25) is 0 Å². The van der Waals surface area contributed by atoms with E-state index in [1.54, 1.807) is 13.1 Å². The second-order valence-corrected chi connectivity index (χ2v) is 4.51. The highest BCUT2D eigenvalue weighted by Crippen LogP contribution is 2.31. The normalized spacial score (nSPS) is 11.1.